The number of benzene rings is 1. The molecule has 1 aromatic rings. The Morgan fingerprint density at radius 2 is 1.84 bits per heavy atom. The summed E-state index contributed by atoms with van der Waals surface area (Å²) in [4.78, 5) is 36.7. The number of amides is 2. The standard InChI is InChI=1S/C19H22FN3O7S.C5H10.C2H6/c1-10(2)18(26)29-11(3)30-19(27)22-7-6-12(8-22)13-4-5-14(24)17(16(13)20)23-9-15(25)21-31(23)28;1-2-5-3-4-5;1-2/h4-6,10-11,24H,7-9H2,1-3H3,(H,21,25);5H,2-4H2,1H3;1-2H3. The number of ether oxygens (including phenoxy) is 2. The van der Waals surface area contributed by atoms with E-state index in [0.717, 1.165) is 10.2 Å². The van der Waals surface area contributed by atoms with Crippen molar-refractivity contribution in [3.05, 3.63) is 29.6 Å². The Bertz CT molecular complexity index is 1080. The van der Waals surface area contributed by atoms with Gasteiger partial charge in [0.25, 0.3) is 5.91 Å². The van der Waals surface area contributed by atoms with Crippen LogP contribution in [0.3, 0.4) is 0 Å². The number of carbonyl (C=O) groups is 3. The van der Waals surface area contributed by atoms with Crippen molar-refractivity contribution in [2.75, 3.05) is 23.9 Å². The van der Waals surface area contributed by atoms with Crippen molar-refractivity contribution >= 4 is 40.4 Å². The van der Waals surface area contributed by atoms with E-state index in [-0.39, 0.29) is 36.8 Å². The highest BCUT2D eigenvalue weighted by Crippen LogP contribution is 2.37. The van der Waals surface area contributed by atoms with Crippen LogP contribution in [0.5, 0.6) is 5.75 Å². The van der Waals surface area contributed by atoms with Crippen LogP contribution in [0.25, 0.3) is 5.57 Å². The number of halogens is 1. The van der Waals surface area contributed by atoms with E-state index >= 15 is 4.39 Å². The third-order valence-corrected chi connectivity index (χ3v) is 6.97. The normalized spacial score (nSPS) is 19.0. The molecular weight excluding hydrogens is 517 g/mol. The number of esters is 1. The molecule has 0 radical (unpaired) electrons. The van der Waals surface area contributed by atoms with Gasteiger partial charge in [-0.15, -0.1) is 0 Å². The number of carbonyl (C=O) groups excluding carboxylic acids is 3. The fraction of sp³-hybridized carbons (Fsp3) is 0.577. The number of hydrogen-bond acceptors (Lipinski definition) is 7. The Labute approximate surface area is 225 Å². The number of rotatable bonds is 6. The van der Waals surface area contributed by atoms with Gasteiger partial charge in [0.2, 0.25) is 17.5 Å². The van der Waals surface area contributed by atoms with Crippen LogP contribution in [0.15, 0.2) is 18.2 Å². The molecule has 1 aromatic carbocycles. The van der Waals surface area contributed by atoms with Crippen LogP contribution in [0.1, 0.15) is 66.4 Å². The molecule has 4 rings (SSSR count). The van der Waals surface area contributed by atoms with Gasteiger partial charge in [-0.3, -0.25) is 18.6 Å². The molecule has 212 valence electrons. The lowest BCUT2D eigenvalue weighted by atomic mass is 10.0. The summed E-state index contributed by atoms with van der Waals surface area (Å²) in [6.45, 7) is 10.7. The molecule has 2 amide bonds. The summed E-state index contributed by atoms with van der Waals surface area (Å²) in [5.74, 6) is -1.65. The van der Waals surface area contributed by atoms with Gasteiger partial charge in [-0.05, 0) is 23.6 Å². The lowest BCUT2D eigenvalue weighted by Crippen LogP contribution is -2.34. The van der Waals surface area contributed by atoms with Gasteiger partial charge in [0.1, 0.15) is 18.0 Å². The molecule has 1 saturated carbocycles. The van der Waals surface area contributed by atoms with Crippen LogP contribution in [0.2, 0.25) is 0 Å². The van der Waals surface area contributed by atoms with Gasteiger partial charge in [-0.2, -0.15) is 0 Å². The molecule has 12 heteroatoms. The van der Waals surface area contributed by atoms with Crippen molar-refractivity contribution in [2.45, 2.75) is 67.1 Å². The number of anilines is 1. The van der Waals surface area contributed by atoms with Crippen molar-refractivity contribution in [1.82, 2.24) is 9.62 Å². The Morgan fingerprint density at radius 1 is 1.18 bits per heavy atom. The molecule has 2 aliphatic heterocycles. The van der Waals surface area contributed by atoms with Crippen molar-refractivity contribution < 1.29 is 37.6 Å². The summed E-state index contributed by atoms with van der Waals surface area (Å²) in [6.07, 6.45) is 4.21. The van der Waals surface area contributed by atoms with Crippen LogP contribution in [0, 0.1) is 17.7 Å². The van der Waals surface area contributed by atoms with E-state index in [9.17, 15) is 23.7 Å². The van der Waals surface area contributed by atoms with Gasteiger partial charge in [-0.1, -0.05) is 60.0 Å². The largest absolute Gasteiger partial charge is 0.506 e. The first-order chi connectivity index (χ1) is 18.0. The first-order valence-electron chi connectivity index (χ1n) is 12.9. The molecule has 3 aliphatic rings. The fourth-order valence-electron chi connectivity index (χ4n) is 3.53. The minimum Gasteiger partial charge on any atom is -0.506 e. The van der Waals surface area contributed by atoms with Crippen molar-refractivity contribution in [3.8, 4) is 5.75 Å². The lowest BCUT2D eigenvalue weighted by molar-refractivity contribution is -0.169. The molecule has 38 heavy (non-hydrogen) atoms. The monoisotopic (exact) mass is 555 g/mol. The molecule has 0 aromatic heterocycles. The van der Waals surface area contributed by atoms with Crippen LogP contribution in [-0.4, -0.2) is 58.1 Å². The van der Waals surface area contributed by atoms with E-state index in [4.69, 9.17) is 9.47 Å². The van der Waals surface area contributed by atoms with E-state index in [0.29, 0.717) is 5.57 Å². The van der Waals surface area contributed by atoms with Gasteiger partial charge in [0, 0.05) is 25.6 Å². The first-order valence-corrected chi connectivity index (χ1v) is 14.0. The Balaban J connectivity index is 0.000000636. The topological polar surface area (TPSA) is 125 Å². The molecule has 10 nitrogen and oxygen atoms in total. The lowest BCUT2D eigenvalue weighted by Gasteiger charge is -2.21. The third-order valence-electron chi connectivity index (χ3n) is 5.85. The maximum Gasteiger partial charge on any atom is 0.413 e. The molecular formula is C26H38FN3O7S. The highest BCUT2D eigenvalue weighted by molar-refractivity contribution is 7.85. The summed E-state index contributed by atoms with van der Waals surface area (Å²) in [7, 11) is 0. The second-order valence-corrected chi connectivity index (χ2v) is 10.3. The van der Waals surface area contributed by atoms with E-state index in [1.807, 2.05) is 13.8 Å². The Morgan fingerprint density at radius 3 is 2.34 bits per heavy atom. The van der Waals surface area contributed by atoms with Crippen molar-refractivity contribution in [3.63, 3.8) is 0 Å². The smallest absolute Gasteiger partial charge is 0.413 e. The Kier molecular flexibility index (Phi) is 11.6. The number of nitrogens with zero attached hydrogens (tertiary/aromatic N) is 2. The van der Waals surface area contributed by atoms with Gasteiger partial charge in [0.05, 0.1) is 5.92 Å². The van der Waals surface area contributed by atoms with E-state index in [1.165, 1.54) is 43.2 Å². The quantitative estimate of drug-likeness (QED) is 0.397. The third kappa shape index (κ3) is 8.17. The number of nitrogens with one attached hydrogen (secondary N) is 1. The number of hydrogen-bond donors (Lipinski definition) is 2. The van der Waals surface area contributed by atoms with Gasteiger partial charge in [-0.25, -0.2) is 13.4 Å². The molecule has 1 saturated heterocycles. The second kappa shape index (κ2) is 14.1. The zero-order valence-electron chi connectivity index (χ0n) is 22.8. The summed E-state index contributed by atoms with van der Waals surface area (Å²) in [5, 5.41) is 10.1. The number of phenols is 1. The van der Waals surface area contributed by atoms with Gasteiger partial charge in [0.15, 0.2) is 5.82 Å². The van der Waals surface area contributed by atoms with E-state index in [1.54, 1.807) is 19.9 Å². The van der Waals surface area contributed by atoms with E-state index in [2.05, 4.69) is 11.6 Å². The summed E-state index contributed by atoms with van der Waals surface area (Å²) < 4.78 is 40.3. The fourth-order valence-corrected chi connectivity index (χ4v) is 4.47. The summed E-state index contributed by atoms with van der Waals surface area (Å²) in [6, 6.07) is 2.55. The molecule has 2 unspecified atom stereocenters. The SMILES string of the molecule is CC.CC(OC(=O)C(C)C)OC(=O)N1CC=C(c2ccc(O)c(N3CC(=O)NS3=O)c2F)C1.CCC1CC1. The predicted molar refractivity (Wildman–Crippen MR) is 142 cm³/mol. The molecule has 1 aliphatic carbocycles. The molecule has 2 heterocycles. The number of phenolic OH excluding ortho intramolecular Hbond substituents is 1. The van der Waals surface area contributed by atoms with Crippen LogP contribution < -0.4 is 9.03 Å². The first kappa shape index (κ1) is 31.1. The zero-order valence-corrected chi connectivity index (χ0v) is 23.6. The van der Waals surface area contributed by atoms with E-state index < -0.39 is 47.0 Å². The maximum atomic E-state index is 15.2. The van der Waals surface area contributed by atoms with Gasteiger partial charge >= 0.3 is 12.1 Å². The van der Waals surface area contributed by atoms with Crippen molar-refractivity contribution in [2.24, 2.45) is 11.8 Å². The maximum absolute atomic E-state index is 15.2. The number of aromatic hydroxyl groups is 1. The summed E-state index contributed by atoms with van der Waals surface area (Å²) in [5.41, 5.74) is 0.149. The van der Waals surface area contributed by atoms with Gasteiger partial charge < -0.3 is 19.5 Å². The molecule has 0 bridgehead atoms. The van der Waals surface area contributed by atoms with Crippen LogP contribution in [0.4, 0.5) is 14.9 Å². The second-order valence-electron chi connectivity index (χ2n) is 9.11. The average molecular weight is 556 g/mol. The predicted octanol–water partition coefficient (Wildman–Crippen LogP) is 4.26. The highest BCUT2D eigenvalue weighted by atomic mass is 32.2. The van der Waals surface area contributed by atoms with Crippen LogP contribution in [-0.2, 0) is 30.2 Å². The minimum atomic E-state index is -2.01. The van der Waals surface area contributed by atoms with Crippen molar-refractivity contribution in [1.29, 1.82) is 0 Å². The zero-order chi connectivity index (χ0) is 28.6. The molecule has 2 fully saturated rings. The molecule has 2 atom stereocenters. The summed E-state index contributed by atoms with van der Waals surface area (Å²) >= 11 is -2.01. The average Bonchev–Trinajstić information content (AvgIpc) is 3.49. The van der Waals surface area contributed by atoms with Crippen LogP contribution >= 0.6 is 0 Å². The Hall–Kier alpha value is -3.15. The highest BCUT2D eigenvalue weighted by Gasteiger charge is 2.33. The molecule has 2 N–H and O–H groups in total. The molecule has 0 spiro atoms. The minimum absolute atomic E-state index is 0.00505.